The maximum absolute atomic E-state index is 12.1. The maximum atomic E-state index is 12.1. The highest BCUT2D eigenvalue weighted by Gasteiger charge is 2.07. The molecule has 2 rings (SSSR count). The van der Waals surface area contributed by atoms with Crippen LogP contribution < -0.4 is 5.32 Å². The van der Waals surface area contributed by atoms with Crippen LogP contribution in [0.5, 0.6) is 0 Å². The molecule has 0 radical (unpaired) electrons. The summed E-state index contributed by atoms with van der Waals surface area (Å²) in [5.41, 5.74) is 4.15. The van der Waals surface area contributed by atoms with Crippen LogP contribution in [0.2, 0.25) is 5.02 Å². The first kappa shape index (κ1) is 16.9. The van der Waals surface area contributed by atoms with Gasteiger partial charge in [0.15, 0.2) is 0 Å². The van der Waals surface area contributed by atoms with Crippen LogP contribution in [-0.2, 0) is 5.75 Å². The zero-order chi connectivity index (χ0) is 15.9. The summed E-state index contributed by atoms with van der Waals surface area (Å²) in [5, 5.41) is 3.74. The van der Waals surface area contributed by atoms with E-state index in [0.29, 0.717) is 6.54 Å². The van der Waals surface area contributed by atoms with E-state index in [1.165, 1.54) is 11.1 Å². The molecule has 0 saturated heterocycles. The van der Waals surface area contributed by atoms with Crippen LogP contribution in [0, 0.1) is 13.8 Å². The van der Waals surface area contributed by atoms with Crippen molar-refractivity contribution in [3.05, 3.63) is 69.7 Å². The van der Waals surface area contributed by atoms with Crippen molar-refractivity contribution in [3.63, 3.8) is 0 Å². The molecule has 0 saturated carbocycles. The highest BCUT2D eigenvalue weighted by atomic mass is 35.5. The van der Waals surface area contributed by atoms with Crippen molar-refractivity contribution in [2.24, 2.45) is 0 Å². The normalized spacial score (nSPS) is 10.5. The molecular formula is C18H20ClNOS. The lowest BCUT2D eigenvalue weighted by atomic mass is 10.1. The van der Waals surface area contributed by atoms with Gasteiger partial charge in [0, 0.05) is 28.6 Å². The van der Waals surface area contributed by atoms with Crippen LogP contribution in [-0.4, -0.2) is 18.2 Å². The van der Waals surface area contributed by atoms with Gasteiger partial charge in [0.25, 0.3) is 5.91 Å². The van der Waals surface area contributed by atoms with Crippen LogP contribution in [0.4, 0.5) is 0 Å². The van der Waals surface area contributed by atoms with Crippen LogP contribution in [0.25, 0.3) is 0 Å². The quantitative estimate of drug-likeness (QED) is 0.781. The lowest BCUT2D eigenvalue weighted by Gasteiger charge is -2.08. The predicted molar refractivity (Wildman–Crippen MR) is 95.9 cm³/mol. The molecule has 22 heavy (non-hydrogen) atoms. The van der Waals surface area contributed by atoms with Gasteiger partial charge in [-0.15, -0.1) is 0 Å². The lowest BCUT2D eigenvalue weighted by molar-refractivity contribution is 0.0955. The predicted octanol–water partition coefficient (Wildman–Crippen LogP) is 4.62. The minimum absolute atomic E-state index is 0.000792. The standard InChI is InChI=1S/C18H20ClNOS/c1-13-6-7-17(14(2)10-13)18(21)20-8-9-22-12-15-4-3-5-16(19)11-15/h3-7,10-11H,8-9,12H2,1-2H3,(H,20,21). The van der Waals surface area contributed by atoms with Gasteiger partial charge in [-0.25, -0.2) is 0 Å². The summed E-state index contributed by atoms with van der Waals surface area (Å²) in [4.78, 5) is 12.1. The lowest BCUT2D eigenvalue weighted by Crippen LogP contribution is -2.26. The van der Waals surface area contributed by atoms with Crippen molar-refractivity contribution in [2.45, 2.75) is 19.6 Å². The van der Waals surface area contributed by atoms with E-state index in [1.54, 1.807) is 11.8 Å². The van der Waals surface area contributed by atoms with Crippen molar-refractivity contribution in [2.75, 3.05) is 12.3 Å². The minimum atomic E-state index is 0.000792. The first-order valence-corrected chi connectivity index (χ1v) is 8.77. The van der Waals surface area contributed by atoms with Gasteiger partial charge in [0.2, 0.25) is 0 Å². The van der Waals surface area contributed by atoms with Crippen molar-refractivity contribution >= 4 is 29.3 Å². The number of hydrogen-bond donors (Lipinski definition) is 1. The van der Waals surface area contributed by atoms with Crippen LogP contribution in [0.1, 0.15) is 27.0 Å². The van der Waals surface area contributed by atoms with Gasteiger partial charge >= 0.3 is 0 Å². The first-order valence-electron chi connectivity index (χ1n) is 7.24. The number of thioether (sulfide) groups is 1. The summed E-state index contributed by atoms with van der Waals surface area (Å²) in [5.74, 6) is 1.78. The van der Waals surface area contributed by atoms with Gasteiger partial charge < -0.3 is 5.32 Å². The number of hydrogen-bond acceptors (Lipinski definition) is 2. The van der Waals surface area contributed by atoms with Crippen molar-refractivity contribution in [1.29, 1.82) is 0 Å². The molecule has 0 fully saturated rings. The Morgan fingerprint density at radius 3 is 2.73 bits per heavy atom. The highest BCUT2D eigenvalue weighted by Crippen LogP contribution is 2.16. The van der Waals surface area contributed by atoms with Gasteiger partial charge in [-0.2, -0.15) is 11.8 Å². The van der Waals surface area contributed by atoms with Crippen molar-refractivity contribution < 1.29 is 4.79 Å². The third-order valence-corrected chi connectivity index (χ3v) is 4.58. The number of nitrogens with one attached hydrogen (secondary N) is 1. The monoisotopic (exact) mass is 333 g/mol. The molecule has 2 aromatic carbocycles. The third kappa shape index (κ3) is 5.08. The fourth-order valence-corrected chi connectivity index (χ4v) is 3.24. The topological polar surface area (TPSA) is 29.1 Å². The molecule has 0 aliphatic carbocycles. The Balaban J connectivity index is 1.73. The average molecular weight is 334 g/mol. The summed E-state index contributed by atoms with van der Waals surface area (Å²) in [7, 11) is 0. The van der Waals surface area contributed by atoms with E-state index < -0.39 is 0 Å². The molecule has 0 heterocycles. The summed E-state index contributed by atoms with van der Waals surface area (Å²) in [6, 6.07) is 13.8. The van der Waals surface area contributed by atoms with Gasteiger partial charge in [-0.05, 0) is 43.2 Å². The first-order chi connectivity index (χ1) is 10.6. The number of aryl methyl sites for hydroxylation is 2. The van der Waals surface area contributed by atoms with Crippen molar-refractivity contribution in [1.82, 2.24) is 5.32 Å². The molecule has 0 aromatic heterocycles. The SMILES string of the molecule is Cc1ccc(C(=O)NCCSCc2cccc(Cl)c2)c(C)c1. The van der Waals surface area contributed by atoms with E-state index in [4.69, 9.17) is 11.6 Å². The summed E-state index contributed by atoms with van der Waals surface area (Å²) in [6.07, 6.45) is 0. The van der Waals surface area contributed by atoms with Gasteiger partial charge in [-0.3, -0.25) is 4.79 Å². The Labute approximate surface area is 141 Å². The number of halogens is 1. The van der Waals surface area contributed by atoms with E-state index in [-0.39, 0.29) is 5.91 Å². The summed E-state index contributed by atoms with van der Waals surface area (Å²) in [6.45, 7) is 4.66. The van der Waals surface area contributed by atoms with Gasteiger partial charge in [0.05, 0.1) is 0 Å². The van der Waals surface area contributed by atoms with Crippen LogP contribution >= 0.6 is 23.4 Å². The number of rotatable bonds is 6. The molecule has 0 aliphatic rings. The van der Waals surface area contributed by atoms with E-state index in [9.17, 15) is 4.79 Å². The second kappa shape index (κ2) is 8.25. The number of benzene rings is 2. The Hall–Kier alpha value is -1.45. The van der Waals surface area contributed by atoms with Crippen molar-refractivity contribution in [3.8, 4) is 0 Å². The summed E-state index contributed by atoms with van der Waals surface area (Å²) >= 11 is 7.74. The molecule has 0 bridgehead atoms. The second-order valence-electron chi connectivity index (χ2n) is 5.26. The Bertz CT molecular complexity index is 657. The molecule has 4 heteroatoms. The molecular weight excluding hydrogens is 314 g/mol. The zero-order valence-electron chi connectivity index (χ0n) is 12.9. The van der Waals surface area contributed by atoms with E-state index in [0.717, 1.165) is 27.7 Å². The minimum Gasteiger partial charge on any atom is -0.351 e. The summed E-state index contributed by atoms with van der Waals surface area (Å²) < 4.78 is 0. The largest absolute Gasteiger partial charge is 0.351 e. The molecule has 0 atom stereocenters. The fraction of sp³-hybridized carbons (Fsp3) is 0.278. The highest BCUT2D eigenvalue weighted by molar-refractivity contribution is 7.98. The van der Waals surface area contributed by atoms with Gasteiger partial charge in [-0.1, -0.05) is 41.4 Å². The van der Waals surface area contributed by atoms with Crippen LogP contribution in [0.3, 0.4) is 0 Å². The Kier molecular flexibility index (Phi) is 6.34. The molecule has 0 aliphatic heterocycles. The second-order valence-corrected chi connectivity index (χ2v) is 6.80. The number of carbonyl (C=O) groups is 1. The molecule has 1 amide bonds. The van der Waals surface area contributed by atoms with Crippen LogP contribution in [0.15, 0.2) is 42.5 Å². The average Bonchev–Trinajstić information content (AvgIpc) is 2.46. The Morgan fingerprint density at radius 2 is 2.00 bits per heavy atom. The number of carbonyl (C=O) groups excluding carboxylic acids is 1. The zero-order valence-corrected chi connectivity index (χ0v) is 14.4. The fourth-order valence-electron chi connectivity index (χ4n) is 2.22. The smallest absolute Gasteiger partial charge is 0.251 e. The maximum Gasteiger partial charge on any atom is 0.251 e. The molecule has 116 valence electrons. The molecule has 2 aromatic rings. The molecule has 0 unspecified atom stereocenters. The number of amides is 1. The third-order valence-electron chi connectivity index (χ3n) is 3.32. The van der Waals surface area contributed by atoms with E-state index >= 15 is 0 Å². The Morgan fingerprint density at radius 1 is 1.18 bits per heavy atom. The molecule has 1 N–H and O–H groups in total. The molecule has 2 nitrogen and oxygen atoms in total. The van der Waals surface area contributed by atoms with E-state index in [1.807, 2.05) is 50.2 Å². The van der Waals surface area contributed by atoms with E-state index in [2.05, 4.69) is 11.4 Å². The molecule has 0 spiro atoms. The van der Waals surface area contributed by atoms with Gasteiger partial charge in [0.1, 0.15) is 0 Å².